The summed E-state index contributed by atoms with van der Waals surface area (Å²) < 4.78 is 5.80. The molecule has 0 bridgehead atoms. The van der Waals surface area contributed by atoms with Crippen molar-refractivity contribution in [2.24, 2.45) is 0 Å². The molecule has 21 heavy (non-hydrogen) atoms. The Hall–Kier alpha value is -1.13. The highest BCUT2D eigenvalue weighted by Gasteiger charge is 2.10. The number of likely N-dealkylation sites (tertiary alicyclic amines) is 1. The average Bonchev–Trinajstić information content (AvgIpc) is 2.47. The first kappa shape index (κ1) is 16.2. The van der Waals surface area contributed by atoms with E-state index in [0.29, 0.717) is 6.04 Å². The van der Waals surface area contributed by atoms with Crippen LogP contribution in [0.25, 0.3) is 0 Å². The van der Waals surface area contributed by atoms with Gasteiger partial charge in [-0.1, -0.05) is 26.3 Å². The van der Waals surface area contributed by atoms with Crippen LogP contribution in [0, 0.1) is 6.92 Å². The summed E-state index contributed by atoms with van der Waals surface area (Å²) in [4.78, 5) is 7.04. The molecule has 1 fully saturated rings. The third-order valence-electron chi connectivity index (χ3n) is 3.98. The number of pyridine rings is 1. The first-order valence-corrected chi connectivity index (χ1v) is 8.20. The van der Waals surface area contributed by atoms with Crippen molar-refractivity contribution >= 4 is 0 Å². The minimum atomic E-state index is 0.491. The average molecular weight is 291 g/mol. The van der Waals surface area contributed by atoms with Crippen molar-refractivity contribution in [2.75, 3.05) is 26.2 Å². The fourth-order valence-corrected chi connectivity index (χ4v) is 2.61. The van der Waals surface area contributed by atoms with Gasteiger partial charge in [-0.05, 0) is 38.4 Å². The number of ether oxygens (including phenoxy) is 1. The van der Waals surface area contributed by atoms with Gasteiger partial charge in [0.25, 0.3) is 0 Å². The van der Waals surface area contributed by atoms with E-state index < -0.39 is 0 Å². The Bertz CT molecular complexity index is 428. The minimum absolute atomic E-state index is 0.491. The van der Waals surface area contributed by atoms with Crippen LogP contribution in [0.4, 0.5) is 0 Å². The maximum atomic E-state index is 5.80. The van der Waals surface area contributed by atoms with Gasteiger partial charge in [-0.3, -0.25) is 4.90 Å². The predicted molar refractivity (Wildman–Crippen MR) is 86.7 cm³/mol. The van der Waals surface area contributed by atoms with Crippen LogP contribution in [0.15, 0.2) is 12.1 Å². The van der Waals surface area contributed by atoms with Crippen molar-refractivity contribution in [1.29, 1.82) is 0 Å². The molecule has 0 radical (unpaired) electrons. The summed E-state index contributed by atoms with van der Waals surface area (Å²) in [5.41, 5.74) is 2.30. The molecule has 1 aromatic heterocycles. The van der Waals surface area contributed by atoms with Crippen molar-refractivity contribution in [3.63, 3.8) is 0 Å². The molecule has 1 aliphatic rings. The number of aryl methyl sites for hydroxylation is 1. The van der Waals surface area contributed by atoms with Crippen molar-refractivity contribution < 1.29 is 4.74 Å². The second-order valence-electron chi connectivity index (χ2n) is 6.18. The van der Waals surface area contributed by atoms with E-state index in [-0.39, 0.29) is 0 Å². The highest BCUT2D eigenvalue weighted by atomic mass is 16.5. The summed E-state index contributed by atoms with van der Waals surface area (Å²) in [5, 5.41) is 3.42. The van der Waals surface area contributed by atoms with E-state index in [1.54, 1.807) is 0 Å². The summed E-state index contributed by atoms with van der Waals surface area (Å²) in [7, 11) is 0. The lowest BCUT2D eigenvalue weighted by Gasteiger charge is -2.26. The van der Waals surface area contributed by atoms with Crippen LogP contribution in [0.1, 0.15) is 44.4 Å². The molecule has 2 rings (SSSR count). The van der Waals surface area contributed by atoms with Gasteiger partial charge >= 0.3 is 0 Å². The molecule has 1 saturated heterocycles. The number of aromatic nitrogens is 1. The maximum absolute atomic E-state index is 5.80. The molecular formula is C17H29N3O. The van der Waals surface area contributed by atoms with Crippen LogP contribution < -0.4 is 10.1 Å². The Labute approximate surface area is 128 Å². The molecule has 4 nitrogen and oxygen atoms in total. The topological polar surface area (TPSA) is 37.4 Å². The lowest BCUT2D eigenvalue weighted by Crippen LogP contribution is -2.33. The van der Waals surface area contributed by atoms with E-state index in [9.17, 15) is 0 Å². The summed E-state index contributed by atoms with van der Waals surface area (Å²) in [6, 6.07) is 4.60. The SMILES string of the molecule is Cc1nc(OCCN2CCCCC2)ccc1CNC(C)C. The minimum Gasteiger partial charge on any atom is -0.476 e. The van der Waals surface area contributed by atoms with Crippen LogP contribution in [-0.4, -0.2) is 42.2 Å². The third-order valence-corrected chi connectivity index (χ3v) is 3.98. The van der Waals surface area contributed by atoms with Crippen molar-refractivity contribution in [2.45, 2.75) is 52.6 Å². The Morgan fingerprint density at radius 3 is 2.67 bits per heavy atom. The van der Waals surface area contributed by atoms with Gasteiger partial charge in [0.1, 0.15) is 6.61 Å². The van der Waals surface area contributed by atoms with Gasteiger partial charge in [-0.15, -0.1) is 0 Å². The molecule has 0 amide bonds. The van der Waals surface area contributed by atoms with E-state index in [4.69, 9.17) is 4.74 Å². The molecule has 0 atom stereocenters. The molecule has 1 aliphatic heterocycles. The lowest BCUT2D eigenvalue weighted by atomic mass is 10.1. The first-order valence-electron chi connectivity index (χ1n) is 8.20. The summed E-state index contributed by atoms with van der Waals surface area (Å²) in [5.74, 6) is 0.748. The molecule has 4 heteroatoms. The molecular weight excluding hydrogens is 262 g/mol. The van der Waals surface area contributed by atoms with Crippen molar-refractivity contribution in [3.05, 3.63) is 23.4 Å². The van der Waals surface area contributed by atoms with E-state index in [1.807, 2.05) is 6.07 Å². The van der Waals surface area contributed by atoms with Crippen molar-refractivity contribution in [1.82, 2.24) is 15.2 Å². The molecule has 0 aromatic carbocycles. The Kier molecular flexibility index (Phi) is 6.46. The normalized spacial score (nSPS) is 16.4. The lowest BCUT2D eigenvalue weighted by molar-refractivity contribution is 0.180. The molecule has 2 heterocycles. The van der Waals surface area contributed by atoms with Gasteiger partial charge in [0.2, 0.25) is 5.88 Å². The quantitative estimate of drug-likeness (QED) is 0.838. The highest BCUT2D eigenvalue weighted by Crippen LogP contribution is 2.13. The zero-order chi connectivity index (χ0) is 15.1. The monoisotopic (exact) mass is 291 g/mol. The number of hydrogen-bond acceptors (Lipinski definition) is 4. The molecule has 1 N–H and O–H groups in total. The predicted octanol–water partition coefficient (Wildman–Crippen LogP) is 2.75. The summed E-state index contributed by atoms with van der Waals surface area (Å²) in [6.45, 7) is 11.4. The Morgan fingerprint density at radius 1 is 1.24 bits per heavy atom. The van der Waals surface area contributed by atoms with Gasteiger partial charge < -0.3 is 10.1 Å². The number of piperidine rings is 1. The number of hydrogen-bond donors (Lipinski definition) is 1. The molecule has 1 aromatic rings. The zero-order valence-corrected chi connectivity index (χ0v) is 13.7. The molecule has 0 aliphatic carbocycles. The van der Waals surface area contributed by atoms with Crippen LogP contribution in [0.2, 0.25) is 0 Å². The number of rotatable bonds is 7. The summed E-state index contributed by atoms with van der Waals surface area (Å²) >= 11 is 0. The molecule has 0 saturated carbocycles. The van der Waals surface area contributed by atoms with Crippen LogP contribution in [0.5, 0.6) is 5.88 Å². The van der Waals surface area contributed by atoms with E-state index in [0.717, 1.165) is 31.3 Å². The molecule has 0 spiro atoms. The maximum Gasteiger partial charge on any atom is 0.213 e. The van der Waals surface area contributed by atoms with Crippen LogP contribution in [0.3, 0.4) is 0 Å². The number of nitrogens with one attached hydrogen (secondary N) is 1. The molecule has 0 unspecified atom stereocenters. The van der Waals surface area contributed by atoms with Gasteiger partial charge in [-0.25, -0.2) is 4.98 Å². The van der Waals surface area contributed by atoms with Gasteiger partial charge in [-0.2, -0.15) is 0 Å². The van der Waals surface area contributed by atoms with E-state index in [1.165, 1.54) is 37.9 Å². The van der Waals surface area contributed by atoms with Crippen molar-refractivity contribution in [3.8, 4) is 5.88 Å². The van der Waals surface area contributed by atoms with Gasteiger partial charge in [0.15, 0.2) is 0 Å². The number of nitrogens with zero attached hydrogens (tertiary/aromatic N) is 2. The first-order chi connectivity index (χ1) is 10.1. The zero-order valence-electron chi connectivity index (χ0n) is 13.7. The summed E-state index contributed by atoms with van der Waals surface area (Å²) in [6.07, 6.45) is 4.04. The second-order valence-corrected chi connectivity index (χ2v) is 6.18. The standard InChI is InChI=1S/C17H29N3O/c1-14(2)18-13-16-7-8-17(19-15(16)3)21-12-11-20-9-5-4-6-10-20/h7-8,14,18H,4-6,9-13H2,1-3H3. The van der Waals surface area contributed by atoms with Crippen LogP contribution in [-0.2, 0) is 6.54 Å². The second kappa shape index (κ2) is 8.35. The van der Waals surface area contributed by atoms with E-state index in [2.05, 4.69) is 42.0 Å². The third kappa shape index (κ3) is 5.64. The largest absolute Gasteiger partial charge is 0.476 e. The fourth-order valence-electron chi connectivity index (χ4n) is 2.61. The fraction of sp³-hybridized carbons (Fsp3) is 0.706. The smallest absolute Gasteiger partial charge is 0.213 e. The van der Waals surface area contributed by atoms with Gasteiger partial charge in [0, 0.05) is 30.9 Å². The molecule has 118 valence electrons. The Morgan fingerprint density at radius 2 is 2.00 bits per heavy atom. The highest BCUT2D eigenvalue weighted by molar-refractivity contribution is 5.24. The van der Waals surface area contributed by atoms with Gasteiger partial charge in [0.05, 0.1) is 0 Å². The van der Waals surface area contributed by atoms with E-state index >= 15 is 0 Å². The Balaban J connectivity index is 1.76. The van der Waals surface area contributed by atoms with Crippen LogP contribution >= 0.6 is 0 Å².